The highest BCUT2D eigenvalue weighted by Gasteiger charge is 2.32. The number of aromatic carboxylic acids is 1. The lowest BCUT2D eigenvalue weighted by Crippen LogP contribution is -2.52. The average molecular weight is 314 g/mol. The van der Waals surface area contributed by atoms with E-state index in [0.29, 0.717) is 31.3 Å². The summed E-state index contributed by atoms with van der Waals surface area (Å²) in [6.45, 7) is 5.25. The molecule has 1 saturated heterocycles. The van der Waals surface area contributed by atoms with Gasteiger partial charge in [0, 0.05) is 26.7 Å². The molecule has 6 heteroatoms. The van der Waals surface area contributed by atoms with E-state index in [2.05, 4.69) is 4.90 Å². The number of benzene rings is 1. The van der Waals surface area contributed by atoms with Crippen LogP contribution in [0.15, 0.2) is 18.2 Å². The van der Waals surface area contributed by atoms with Gasteiger partial charge in [-0.2, -0.15) is 0 Å². The minimum absolute atomic E-state index is 0.141. The van der Waals surface area contributed by atoms with Crippen LogP contribution >= 0.6 is 11.6 Å². The molecule has 116 valence electrons. The molecule has 1 aromatic rings. The second-order valence-electron chi connectivity index (χ2n) is 5.53. The fourth-order valence-electron chi connectivity index (χ4n) is 2.65. The summed E-state index contributed by atoms with van der Waals surface area (Å²) in [5, 5.41) is 9.42. The van der Waals surface area contributed by atoms with Crippen molar-refractivity contribution >= 4 is 17.6 Å². The fourth-order valence-corrected chi connectivity index (χ4v) is 2.92. The van der Waals surface area contributed by atoms with Crippen molar-refractivity contribution in [1.82, 2.24) is 4.90 Å². The van der Waals surface area contributed by atoms with E-state index in [1.54, 1.807) is 13.2 Å². The third-order valence-electron chi connectivity index (χ3n) is 3.57. The van der Waals surface area contributed by atoms with E-state index < -0.39 is 5.97 Å². The van der Waals surface area contributed by atoms with Crippen molar-refractivity contribution < 1.29 is 19.4 Å². The minimum atomic E-state index is -1.01. The van der Waals surface area contributed by atoms with E-state index >= 15 is 0 Å². The summed E-state index contributed by atoms with van der Waals surface area (Å²) in [5.41, 5.74) is 0.615. The third kappa shape index (κ3) is 3.95. The molecular weight excluding hydrogens is 294 g/mol. The highest BCUT2D eigenvalue weighted by molar-refractivity contribution is 6.34. The Morgan fingerprint density at radius 1 is 1.57 bits per heavy atom. The molecular formula is C15H20ClNO4. The number of hydrogen-bond acceptors (Lipinski definition) is 4. The van der Waals surface area contributed by atoms with Crippen molar-refractivity contribution in [2.24, 2.45) is 0 Å². The Labute approximate surface area is 129 Å². The molecule has 0 saturated carbocycles. The van der Waals surface area contributed by atoms with E-state index in [4.69, 9.17) is 26.2 Å². The number of morpholine rings is 1. The summed E-state index contributed by atoms with van der Waals surface area (Å²) in [7, 11) is 1.65. The number of methoxy groups -OCH3 is 1. The smallest absolute Gasteiger partial charge is 0.337 e. The lowest BCUT2D eigenvalue weighted by Gasteiger charge is -2.40. The standard InChI is InChI=1S/C15H20ClNO4/c1-15(10-20-2)9-17(6-7-21-15)8-11-4-3-5-12(13(11)16)14(18)19/h3-5H,6-10H2,1-2H3,(H,18,19). The Hall–Kier alpha value is -1.14. The first-order valence-electron chi connectivity index (χ1n) is 6.81. The molecule has 21 heavy (non-hydrogen) atoms. The molecule has 0 radical (unpaired) electrons. The van der Waals surface area contributed by atoms with Crippen molar-refractivity contribution in [2.45, 2.75) is 19.1 Å². The third-order valence-corrected chi connectivity index (χ3v) is 4.02. The van der Waals surface area contributed by atoms with Crippen LogP contribution in [0.5, 0.6) is 0 Å². The fraction of sp³-hybridized carbons (Fsp3) is 0.533. The van der Waals surface area contributed by atoms with Gasteiger partial charge in [0.15, 0.2) is 0 Å². The Balaban J connectivity index is 2.11. The van der Waals surface area contributed by atoms with Crippen LogP contribution in [0.25, 0.3) is 0 Å². The number of carboxylic acids is 1. The normalized spacial score (nSPS) is 23.2. The van der Waals surface area contributed by atoms with Gasteiger partial charge in [-0.15, -0.1) is 0 Å². The number of carboxylic acid groups (broad SMARTS) is 1. The number of hydrogen-bond donors (Lipinski definition) is 1. The zero-order valence-corrected chi connectivity index (χ0v) is 13.0. The highest BCUT2D eigenvalue weighted by Crippen LogP contribution is 2.25. The maximum absolute atomic E-state index is 11.1. The molecule has 1 fully saturated rings. The van der Waals surface area contributed by atoms with Crippen LogP contribution in [-0.2, 0) is 16.0 Å². The van der Waals surface area contributed by atoms with Crippen molar-refractivity contribution in [2.75, 3.05) is 33.4 Å². The molecule has 1 aliphatic rings. The van der Waals surface area contributed by atoms with Crippen molar-refractivity contribution in [3.63, 3.8) is 0 Å². The van der Waals surface area contributed by atoms with Crippen LogP contribution < -0.4 is 0 Å². The van der Waals surface area contributed by atoms with Crippen LogP contribution in [0, 0.1) is 0 Å². The Bertz CT molecular complexity index is 518. The van der Waals surface area contributed by atoms with Gasteiger partial charge in [-0.3, -0.25) is 4.90 Å². The highest BCUT2D eigenvalue weighted by atomic mass is 35.5. The van der Waals surface area contributed by atoms with Gasteiger partial charge < -0.3 is 14.6 Å². The molecule has 0 bridgehead atoms. The molecule has 1 heterocycles. The topological polar surface area (TPSA) is 59.0 Å². The Kier molecular flexibility index (Phi) is 5.22. The van der Waals surface area contributed by atoms with Crippen molar-refractivity contribution in [3.8, 4) is 0 Å². The molecule has 1 N–H and O–H groups in total. The lowest BCUT2D eigenvalue weighted by molar-refractivity contribution is -0.129. The van der Waals surface area contributed by atoms with Crippen LogP contribution in [0.1, 0.15) is 22.8 Å². The van der Waals surface area contributed by atoms with Crippen molar-refractivity contribution in [3.05, 3.63) is 34.3 Å². The van der Waals surface area contributed by atoms with E-state index in [1.807, 2.05) is 13.0 Å². The van der Waals surface area contributed by atoms with Gasteiger partial charge >= 0.3 is 5.97 Å². The first kappa shape index (κ1) is 16.2. The van der Waals surface area contributed by atoms with E-state index in [-0.39, 0.29) is 11.2 Å². The molecule has 0 aliphatic carbocycles. The molecule has 0 amide bonds. The summed E-state index contributed by atoms with van der Waals surface area (Å²) in [5.74, 6) is -1.01. The van der Waals surface area contributed by atoms with Gasteiger partial charge in [-0.25, -0.2) is 4.79 Å². The van der Waals surface area contributed by atoms with E-state index in [0.717, 1.165) is 12.1 Å². The monoisotopic (exact) mass is 313 g/mol. The predicted molar refractivity (Wildman–Crippen MR) is 79.9 cm³/mol. The van der Waals surface area contributed by atoms with E-state index in [9.17, 15) is 4.79 Å². The van der Waals surface area contributed by atoms with E-state index in [1.165, 1.54) is 6.07 Å². The quantitative estimate of drug-likeness (QED) is 0.903. The Morgan fingerprint density at radius 2 is 2.33 bits per heavy atom. The van der Waals surface area contributed by atoms with Gasteiger partial charge in [0.05, 0.1) is 23.8 Å². The summed E-state index contributed by atoms with van der Waals surface area (Å²) in [6, 6.07) is 5.10. The average Bonchev–Trinajstić information content (AvgIpc) is 2.41. The molecule has 1 unspecified atom stereocenters. The largest absolute Gasteiger partial charge is 0.478 e. The number of nitrogens with zero attached hydrogens (tertiary/aromatic N) is 1. The number of ether oxygens (including phenoxy) is 2. The molecule has 1 atom stereocenters. The Morgan fingerprint density at radius 3 is 3.00 bits per heavy atom. The van der Waals surface area contributed by atoms with Gasteiger partial charge in [-0.05, 0) is 18.6 Å². The van der Waals surface area contributed by atoms with Gasteiger partial charge in [-0.1, -0.05) is 23.7 Å². The predicted octanol–water partition coefficient (Wildman–Crippen LogP) is 2.28. The summed E-state index contributed by atoms with van der Waals surface area (Å²) in [6.07, 6.45) is 0. The lowest BCUT2D eigenvalue weighted by atomic mass is 10.0. The van der Waals surface area contributed by atoms with Crippen LogP contribution in [0.4, 0.5) is 0 Å². The number of halogens is 1. The maximum Gasteiger partial charge on any atom is 0.337 e. The molecule has 2 rings (SSSR count). The van der Waals surface area contributed by atoms with Gasteiger partial charge in [0.2, 0.25) is 0 Å². The number of rotatable bonds is 5. The zero-order chi connectivity index (χ0) is 15.5. The first-order valence-corrected chi connectivity index (χ1v) is 7.19. The SMILES string of the molecule is COCC1(C)CN(Cc2cccc(C(=O)O)c2Cl)CCO1. The first-order chi connectivity index (χ1) is 9.95. The van der Waals surface area contributed by atoms with Gasteiger partial charge in [0.25, 0.3) is 0 Å². The second kappa shape index (κ2) is 6.75. The summed E-state index contributed by atoms with van der Waals surface area (Å²) >= 11 is 6.19. The van der Waals surface area contributed by atoms with Crippen molar-refractivity contribution in [1.29, 1.82) is 0 Å². The molecule has 5 nitrogen and oxygen atoms in total. The molecule has 1 aliphatic heterocycles. The van der Waals surface area contributed by atoms with Gasteiger partial charge in [0.1, 0.15) is 5.60 Å². The molecule has 1 aromatic carbocycles. The summed E-state index contributed by atoms with van der Waals surface area (Å²) in [4.78, 5) is 13.3. The van der Waals surface area contributed by atoms with Crippen LogP contribution in [0.3, 0.4) is 0 Å². The van der Waals surface area contributed by atoms with Crippen LogP contribution in [0.2, 0.25) is 5.02 Å². The molecule has 0 spiro atoms. The molecule has 0 aromatic heterocycles. The zero-order valence-electron chi connectivity index (χ0n) is 12.3. The second-order valence-corrected chi connectivity index (χ2v) is 5.90. The minimum Gasteiger partial charge on any atom is -0.478 e. The maximum atomic E-state index is 11.1. The number of carbonyl (C=O) groups is 1. The summed E-state index contributed by atoms with van der Waals surface area (Å²) < 4.78 is 11.0. The van der Waals surface area contributed by atoms with Crippen LogP contribution in [-0.4, -0.2) is 55.0 Å².